The van der Waals surface area contributed by atoms with Gasteiger partial charge in [0, 0.05) is 16.1 Å². The number of halogens is 1. The van der Waals surface area contributed by atoms with Gasteiger partial charge in [-0.3, -0.25) is 20.4 Å². The lowest BCUT2D eigenvalue weighted by Gasteiger charge is -2.10. The first kappa shape index (κ1) is 15.1. The van der Waals surface area contributed by atoms with Crippen molar-refractivity contribution in [2.24, 2.45) is 0 Å². The van der Waals surface area contributed by atoms with Gasteiger partial charge in [-0.1, -0.05) is 23.7 Å². The van der Waals surface area contributed by atoms with Crippen LogP contribution in [0.4, 0.5) is 0 Å². The van der Waals surface area contributed by atoms with Gasteiger partial charge in [0.05, 0.1) is 0 Å². The molecule has 2 aromatic carbocycles. The molecule has 0 spiro atoms. The molecule has 0 radical (unpaired) electrons. The number of carbonyl (C=O) groups excluding carboxylic acids is 2. The molecule has 0 heterocycles. The summed E-state index contributed by atoms with van der Waals surface area (Å²) in [6.45, 7) is 3.80. The second kappa shape index (κ2) is 6.41. The quantitative estimate of drug-likeness (QED) is 0.838. The molecule has 2 amide bonds. The van der Waals surface area contributed by atoms with E-state index in [2.05, 4.69) is 10.9 Å². The zero-order valence-electron chi connectivity index (χ0n) is 11.7. The molecule has 0 aliphatic carbocycles. The maximum Gasteiger partial charge on any atom is 0.269 e. The summed E-state index contributed by atoms with van der Waals surface area (Å²) in [5, 5.41) is 0.547. The summed E-state index contributed by atoms with van der Waals surface area (Å²) in [6.07, 6.45) is 0. The minimum Gasteiger partial charge on any atom is -0.267 e. The molecular formula is C16H15ClN2O2. The number of nitrogens with one attached hydrogen (secondary N) is 2. The molecule has 2 N–H and O–H groups in total. The van der Waals surface area contributed by atoms with Gasteiger partial charge in [0.1, 0.15) is 0 Å². The van der Waals surface area contributed by atoms with Gasteiger partial charge in [-0.2, -0.15) is 0 Å². The van der Waals surface area contributed by atoms with E-state index in [1.54, 1.807) is 36.4 Å². The van der Waals surface area contributed by atoms with Crippen molar-refractivity contribution in [1.82, 2.24) is 10.9 Å². The number of hydrazine groups is 1. The Hall–Kier alpha value is -2.33. The van der Waals surface area contributed by atoms with Crippen LogP contribution in [0.3, 0.4) is 0 Å². The van der Waals surface area contributed by atoms with E-state index in [9.17, 15) is 9.59 Å². The van der Waals surface area contributed by atoms with Crippen molar-refractivity contribution >= 4 is 23.4 Å². The zero-order chi connectivity index (χ0) is 15.4. The van der Waals surface area contributed by atoms with Crippen molar-refractivity contribution in [2.45, 2.75) is 13.8 Å². The van der Waals surface area contributed by atoms with Crippen molar-refractivity contribution in [3.63, 3.8) is 0 Å². The first-order valence-corrected chi connectivity index (χ1v) is 6.79. The lowest BCUT2D eigenvalue weighted by molar-refractivity contribution is 0.0846. The van der Waals surface area contributed by atoms with E-state index in [-0.39, 0.29) is 5.91 Å². The van der Waals surface area contributed by atoms with Crippen LogP contribution >= 0.6 is 11.6 Å². The van der Waals surface area contributed by atoms with Gasteiger partial charge >= 0.3 is 0 Å². The van der Waals surface area contributed by atoms with E-state index >= 15 is 0 Å². The summed E-state index contributed by atoms with van der Waals surface area (Å²) in [7, 11) is 0. The van der Waals surface area contributed by atoms with Crippen LogP contribution in [0.25, 0.3) is 0 Å². The van der Waals surface area contributed by atoms with Crippen LogP contribution < -0.4 is 10.9 Å². The van der Waals surface area contributed by atoms with Crippen molar-refractivity contribution in [2.75, 3.05) is 0 Å². The third-order valence-electron chi connectivity index (χ3n) is 3.25. The largest absolute Gasteiger partial charge is 0.269 e. The standard InChI is InChI=1S/C16H15ClN2O2/c1-10-4-3-5-14(11(10)2)16(21)19-18-15(20)12-6-8-13(17)9-7-12/h3-9H,1-2H3,(H,18,20)(H,19,21). The molecule has 4 nitrogen and oxygen atoms in total. The molecule has 0 unspecified atom stereocenters. The van der Waals surface area contributed by atoms with Gasteiger partial charge in [-0.25, -0.2) is 0 Å². The second-order valence-corrected chi connectivity index (χ2v) is 5.10. The average Bonchev–Trinajstić information content (AvgIpc) is 2.48. The van der Waals surface area contributed by atoms with Crippen molar-refractivity contribution in [3.05, 3.63) is 69.7 Å². The fraction of sp³-hybridized carbons (Fsp3) is 0.125. The highest BCUT2D eigenvalue weighted by Gasteiger charge is 2.11. The third-order valence-corrected chi connectivity index (χ3v) is 3.50. The number of hydrogen-bond donors (Lipinski definition) is 2. The number of carbonyl (C=O) groups is 2. The summed E-state index contributed by atoms with van der Waals surface area (Å²) in [5.41, 5.74) is 7.65. The molecule has 5 heteroatoms. The highest BCUT2D eigenvalue weighted by molar-refractivity contribution is 6.30. The summed E-state index contributed by atoms with van der Waals surface area (Å²) >= 11 is 5.75. The number of hydrogen-bond acceptors (Lipinski definition) is 2. The van der Waals surface area contributed by atoms with E-state index < -0.39 is 5.91 Å². The van der Waals surface area contributed by atoms with Crippen molar-refractivity contribution in [3.8, 4) is 0 Å². The Labute approximate surface area is 128 Å². The summed E-state index contributed by atoms with van der Waals surface area (Å²) < 4.78 is 0. The fourth-order valence-corrected chi connectivity index (χ4v) is 1.98. The number of aryl methyl sites for hydroxylation is 1. The molecule has 0 aliphatic heterocycles. The molecule has 0 saturated heterocycles. The minimum absolute atomic E-state index is 0.349. The first-order chi connectivity index (χ1) is 9.99. The van der Waals surface area contributed by atoms with E-state index in [4.69, 9.17) is 11.6 Å². The smallest absolute Gasteiger partial charge is 0.267 e. The molecule has 108 valence electrons. The molecule has 0 aliphatic rings. The van der Waals surface area contributed by atoms with Gasteiger partial charge in [-0.05, 0) is 55.3 Å². The lowest BCUT2D eigenvalue weighted by atomic mass is 10.0. The maximum absolute atomic E-state index is 12.1. The molecule has 0 atom stereocenters. The number of benzene rings is 2. The predicted molar refractivity (Wildman–Crippen MR) is 82.3 cm³/mol. The topological polar surface area (TPSA) is 58.2 Å². The van der Waals surface area contributed by atoms with E-state index in [1.807, 2.05) is 19.9 Å². The normalized spacial score (nSPS) is 10.0. The fourth-order valence-electron chi connectivity index (χ4n) is 1.85. The van der Waals surface area contributed by atoms with Gasteiger partial charge in [-0.15, -0.1) is 0 Å². The van der Waals surface area contributed by atoms with Crippen LogP contribution in [-0.2, 0) is 0 Å². The number of rotatable bonds is 2. The third kappa shape index (κ3) is 3.61. The Morgan fingerprint density at radius 3 is 2.19 bits per heavy atom. The number of amides is 2. The van der Waals surface area contributed by atoms with Gasteiger partial charge in [0.2, 0.25) is 0 Å². The Kier molecular flexibility index (Phi) is 4.60. The van der Waals surface area contributed by atoms with E-state index in [0.29, 0.717) is 16.1 Å². The SMILES string of the molecule is Cc1cccc(C(=O)NNC(=O)c2ccc(Cl)cc2)c1C. The van der Waals surface area contributed by atoms with Gasteiger partial charge < -0.3 is 0 Å². The molecule has 2 rings (SSSR count). The highest BCUT2D eigenvalue weighted by atomic mass is 35.5. The highest BCUT2D eigenvalue weighted by Crippen LogP contribution is 2.12. The molecule has 0 fully saturated rings. The molecule has 21 heavy (non-hydrogen) atoms. The Morgan fingerprint density at radius 2 is 1.52 bits per heavy atom. The van der Waals surface area contributed by atoms with Crippen molar-refractivity contribution < 1.29 is 9.59 Å². The van der Waals surface area contributed by atoms with Gasteiger partial charge in [0.25, 0.3) is 11.8 Å². The summed E-state index contributed by atoms with van der Waals surface area (Å²) in [5.74, 6) is -0.746. The Morgan fingerprint density at radius 1 is 0.905 bits per heavy atom. The first-order valence-electron chi connectivity index (χ1n) is 6.41. The molecule has 0 aromatic heterocycles. The second-order valence-electron chi connectivity index (χ2n) is 4.66. The van der Waals surface area contributed by atoms with Crippen LogP contribution in [0.15, 0.2) is 42.5 Å². The van der Waals surface area contributed by atoms with Crippen LogP contribution in [0.1, 0.15) is 31.8 Å². The Balaban J connectivity index is 2.02. The van der Waals surface area contributed by atoms with Gasteiger partial charge in [0.15, 0.2) is 0 Å². The monoisotopic (exact) mass is 302 g/mol. The van der Waals surface area contributed by atoms with Crippen LogP contribution in [-0.4, -0.2) is 11.8 Å². The maximum atomic E-state index is 12.1. The molecular weight excluding hydrogens is 288 g/mol. The summed E-state index contributed by atoms with van der Waals surface area (Å²) in [6, 6.07) is 11.8. The van der Waals surface area contributed by atoms with Crippen LogP contribution in [0, 0.1) is 13.8 Å². The molecule has 0 saturated carbocycles. The zero-order valence-corrected chi connectivity index (χ0v) is 12.5. The molecule has 2 aromatic rings. The minimum atomic E-state index is -0.398. The van der Waals surface area contributed by atoms with Crippen molar-refractivity contribution in [1.29, 1.82) is 0 Å². The van der Waals surface area contributed by atoms with E-state index in [0.717, 1.165) is 11.1 Å². The average molecular weight is 303 g/mol. The predicted octanol–water partition coefficient (Wildman–Crippen LogP) is 3.03. The Bertz CT molecular complexity index is 681. The van der Waals surface area contributed by atoms with Crippen LogP contribution in [0.5, 0.6) is 0 Å². The molecule has 0 bridgehead atoms. The lowest BCUT2D eigenvalue weighted by Crippen LogP contribution is -2.41. The summed E-state index contributed by atoms with van der Waals surface area (Å²) in [4.78, 5) is 23.9. The van der Waals surface area contributed by atoms with Crippen LogP contribution in [0.2, 0.25) is 5.02 Å². The van der Waals surface area contributed by atoms with E-state index in [1.165, 1.54) is 0 Å².